The molecule has 208 valence electrons. The van der Waals surface area contributed by atoms with Gasteiger partial charge in [-0.3, -0.25) is 14.4 Å². The van der Waals surface area contributed by atoms with Crippen molar-refractivity contribution in [2.24, 2.45) is 11.8 Å². The molecule has 0 spiro atoms. The number of ether oxygens (including phenoxy) is 1. The van der Waals surface area contributed by atoms with Gasteiger partial charge >= 0.3 is 5.97 Å². The Kier molecular flexibility index (Phi) is 6.31. The molecule has 0 saturated carbocycles. The summed E-state index contributed by atoms with van der Waals surface area (Å²) in [5.74, 6) is -3.20. The highest BCUT2D eigenvalue weighted by molar-refractivity contribution is 9.10. The van der Waals surface area contributed by atoms with Crippen molar-refractivity contribution >= 4 is 51.0 Å². The summed E-state index contributed by atoms with van der Waals surface area (Å²) < 4.78 is 6.16. The Bertz CT molecular complexity index is 1700. The van der Waals surface area contributed by atoms with Crippen molar-refractivity contribution in [2.45, 2.75) is 18.8 Å². The number of carbonyl (C=O) groups excluding carboxylic acids is 4. The lowest BCUT2D eigenvalue weighted by Crippen LogP contribution is -2.41. The molecule has 4 aliphatic rings. The van der Waals surface area contributed by atoms with Crippen LogP contribution in [0.4, 0.5) is 11.4 Å². The van der Waals surface area contributed by atoms with E-state index < -0.39 is 30.3 Å². The number of carbonyl (C=O) groups is 4. The topological polar surface area (TPSA) is 92.8 Å². The molecule has 3 aliphatic carbocycles. The van der Waals surface area contributed by atoms with Crippen LogP contribution >= 0.6 is 15.9 Å². The minimum Gasteiger partial charge on any atom is -0.452 e. The van der Waals surface area contributed by atoms with E-state index in [1.54, 1.807) is 24.3 Å². The van der Waals surface area contributed by atoms with Crippen molar-refractivity contribution in [1.29, 1.82) is 0 Å². The first-order valence-corrected chi connectivity index (χ1v) is 14.5. The molecule has 1 saturated heterocycles. The van der Waals surface area contributed by atoms with Crippen molar-refractivity contribution in [3.8, 4) is 0 Å². The van der Waals surface area contributed by atoms with Crippen LogP contribution in [0.3, 0.4) is 0 Å². The molecule has 4 aromatic rings. The van der Waals surface area contributed by atoms with E-state index in [2.05, 4.69) is 45.5 Å². The quantitative estimate of drug-likeness (QED) is 0.220. The third kappa shape index (κ3) is 4.09. The number of benzene rings is 4. The molecule has 0 unspecified atom stereocenters. The van der Waals surface area contributed by atoms with Gasteiger partial charge in [0.2, 0.25) is 11.8 Å². The average Bonchev–Trinajstić information content (AvgIpc) is 3.27. The summed E-state index contributed by atoms with van der Waals surface area (Å²) in [6.45, 7) is 1.38. The molecule has 1 heterocycles. The lowest BCUT2D eigenvalue weighted by atomic mass is 9.55. The van der Waals surface area contributed by atoms with E-state index in [1.807, 2.05) is 37.3 Å². The summed E-state index contributed by atoms with van der Waals surface area (Å²) in [5, 5.41) is 2.74. The highest BCUT2D eigenvalue weighted by Crippen LogP contribution is 2.61. The van der Waals surface area contributed by atoms with Gasteiger partial charge in [-0.25, -0.2) is 9.69 Å². The molecule has 1 fully saturated rings. The number of aryl methyl sites for hydroxylation is 1. The average molecular weight is 621 g/mol. The summed E-state index contributed by atoms with van der Waals surface area (Å²) in [4.78, 5) is 54.6. The minimum atomic E-state index is -0.726. The normalized spacial score (nSPS) is 21.4. The Morgan fingerprint density at radius 2 is 1.36 bits per heavy atom. The van der Waals surface area contributed by atoms with Gasteiger partial charge in [-0.15, -0.1) is 0 Å². The van der Waals surface area contributed by atoms with Gasteiger partial charge in [0.1, 0.15) is 0 Å². The fourth-order valence-electron chi connectivity index (χ4n) is 6.87. The Labute approximate surface area is 250 Å². The number of hydrogen-bond donors (Lipinski definition) is 1. The van der Waals surface area contributed by atoms with Gasteiger partial charge in [-0.05, 0) is 71.1 Å². The van der Waals surface area contributed by atoms with E-state index >= 15 is 0 Å². The molecule has 8 rings (SSSR count). The Hall–Kier alpha value is -4.56. The smallest absolute Gasteiger partial charge is 0.338 e. The van der Waals surface area contributed by atoms with Crippen LogP contribution in [0.15, 0.2) is 95.5 Å². The van der Waals surface area contributed by atoms with E-state index in [4.69, 9.17) is 4.74 Å². The molecule has 1 N–H and O–H groups in total. The van der Waals surface area contributed by atoms with Crippen LogP contribution in [-0.4, -0.2) is 30.3 Å². The summed E-state index contributed by atoms with van der Waals surface area (Å²) in [5.41, 5.74) is 6.32. The van der Waals surface area contributed by atoms with Crippen molar-refractivity contribution in [3.05, 3.63) is 129 Å². The van der Waals surface area contributed by atoms with E-state index in [0.717, 1.165) is 32.3 Å². The summed E-state index contributed by atoms with van der Waals surface area (Å²) in [7, 11) is 0. The van der Waals surface area contributed by atoms with Crippen LogP contribution in [0, 0.1) is 18.8 Å². The minimum absolute atomic E-state index is 0.144. The van der Waals surface area contributed by atoms with Crippen LogP contribution in [0.2, 0.25) is 0 Å². The number of imide groups is 1. The predicted molar refractivity (Wildman–Crippen MR) is 160 cm³/mol. The number of anilines is 2. The fraction of sp³-hybridized carbons (Fsp3) is 0.176. The van der Waals surface area contributed by atoms with Crippen molar-refractivity contribution in [2.75, 3.05) is 16.8 Å². The first kappa shape index (κ1) is 26.3. The van der Waals surface area contributed by atoms with Crippen LogP contribution < -0.4 is 10.2 Å². The van der Waals surface area contributed by atoms with Gasteiger partial charge in [-0.1, -0.05) is 70.5 Å². The van der Waals surface area contributed by atoms with E-state index in [-0.39, 0.29) is 29.2 Å². The molecule has 42 heavy (non-hydrogen) atoms. The second-order valence-electron chi connectivity index (χ2n) is 10.9. The van der Waals surface area contributed by atoms with Gasteiger partial charge < -0.3 is 10.1 Å². The molecular weight excluding hydrogens is 596 g/mol. The number of amides is 3. The maximum atomic E-state index is 14.0. The van der Waals surface area contributed by atoms with Gasteiger partial charge in [0.25, 0.3) is 5.91 Å². The Morgan fingerprint density at radius 1 is 0.786 bits per heavy atom. The lowest BCUT2D eigenvalue weighted by Gasteiger charge is -2.45. The van der Waals surface area contributed by atoms with Crippen molar-refractivity contribution < 1.29 is 23.9 Å². The largest absolute Gasteiger partial charge is 0.452 e. The number of halogens is 1. The van der Waals surface area contributed by atoms with Gasteiger partial charge in [0.05, 0.1) is 23.1 Å². The van der Waals surface area contributed by atoms with E-state index in [9.17, 15) is 19.2 Å². The zero-order valence-corrected chi connectivity index (χ0v) is 24.1. The molecule has 4 aromatic carbocycles. The highest BCUT2D eigenvalue weighted by Gasteiger charge is 2.61. The van der Waals surface area contributed by atoms with Crippen LogP contribution in [-0.2, 0) is 19.1 Å². The summed E-state index contributed by atoms with van der Waals surface area (Å²) in [6.07, 6.45) is 0. The number of nitrogens with zero attached hydrogens (tertiary/aromatic N) is 1. The first-order valence-electron chi connectivity index (χ1n) is 13.7. The number of esters is 1. The SMILES string of the molecule is Cc1cc(Br)ccc1NC(=O)COC(=O)c1cccc(N2C(=O)[C@H]3C4c5ccccc5C(c5ccccc54)[C@@H]3C2=O)c1. The predicted octanol–water partition coefficient (Wildman–Crippen LogP) is 5.95. The van der Waals surface area contributed by atoms with E-state index in [1.165, 1.54) is 17.0 Å². The van der Waals surface area contributed by atoms with Gasteiger partial charge in [0.15, 0.2) is 6.61 Å². The summed E-state index contributed by atoms with van der Waals surface area (Å²) >= 11 is 3.39. The van der Waals surface area contributed by atoms with Crippen LogP contribution in [0.5, 0.6) is 0 Å². The molecule has 0 radical (unpaired) electrons. The molecule has 7 nitrogen and oxygen atoms in total. The lowest BCUT2D eigenvalue weighted by molar-refractivity contribution is -0.122. The molecule has 0 aromatic heterocycles. The van der Waals surface area contributed by atoms with Crippen molar-refractivity contribution in [3.63, 3.8) is 0 Å². The third-order valence-electron chi connectivity index (χ3n) is 8.59. The molecule has 2 atom stereocenters. The number of hydrogen-bond acceptors (Lipinski definition) is 5. The Balaban J connectivity index is 1.13. The molecule has 3 amide bonds. The fourth-order valence-corrected chi connectivity index (χ4v) is 7.35. The zero-order chi connectivity index (χ0) is 29.1. The van der Waals surface area contributed by atoms with E-state index in [0.29, 0.717) is 11.4 Å². The standard InChI is InChI=1S/C34H25BrN2O5/c1-18-15-20(35)13-14-26(18)36-27(38)17-42-34(41)19-7-6-8-21(16-19)37-32(39)30-28-22-9-2-3-10-23(22)29(31(30)33(37)40)25-12-5-4-11-24(25)28/h2-16,28-31H,17H2,1H3,(H,36,38)/t28?,29?,30-,31-/m0/s1. The van der Waals surface area contributed by atoms with Crippen molar-refractivity contribution in [1.82, 2.24) is 0 Å². The number of rotatable bonds is 5. The second-order valence-corrected chi connectivity index (χ2v) is 11.8. The zero-order valence-electron chi connectivity index (χ0n) is 22.5. The van der Waals surface area contributed by atoms with Gasteiger partial charge in [-0.2, -0.15) is 0 Å². The third-order valence-corrected chi connectivity index (χ3v) is 9.08. The van der Waals surface area contributed by atoms with Gasteiger partial charge in [0, 0.05) is 22.0 Å². The molecule has 8 heteroatoms. The molecule has 2 bridgehead atoms. The monoisotopic (exact) mass is 620 g/mol. The highest BCUT2D eigenvalue weighted by atomic mass is 79.9. The van der Waals surface area contributed by atoms with Crippen LogP contribution in [0.25, 0.3) is 0 Å². The number of nitrogens with one attached hydrogen (secondary N) is 1. The maximum Gasteiger partial charge on any atom is 0.338 e. The molecular formula is C34H25BrN2O5. The first-order chi connectivity index (χ1) is 20.3. The molecule has 1 aliphatic heterocycles. The summed E-state index contributed by atoms with van der Waals surface area (Å²) in [6, 6.07) is 27.9. The second kappa shape index (κ2) is 10.1. The van der Waals surface area contributed by atoms with Crippen LogP contribution in [0.1, 0.15) is 50.0 Å². The maximum absolute atomic E-state index is 14.0. The Morgan fingerprint density at radius 3 is 1.90 bits per heavy atom.